The highest BCUT2D eigenvalue weighted by Gasteiger charge is 2.68. The van der Waals surface area contributed by atoms with Crippen LogP contribution in [-0.4, -0.2) is 40.1 Å². The Hall–Kier alpha value is -2.38. The molecule has 4 aliphatic carbocycles. The zero-order chi connectivity index (χ0) is 25.5. The maximum Gasteiger partial charge on any atom is 0.273 e. The molecule has 0 N–H and O–H groups in total. The number of amides is 3. The van der Waals surface area contributed by atoms with Gasteiger partial charge in [0, 0.05) is 16.1 Å². The number of hydrogen-bond acceptors (Lipinski definition) is 4. The number of hydrogen-bond donors (Lipinski definition) is 0. The van der Waals surface area contributed by atoms with Crippen LogP contribution in [0.1, 0.15) is 27.1 Å². The van der Waals surface area contributed by atoms with Crippen LogP contribution in [0.3, 0.4) is 0 Å². The Kier molecular flexibility index (Phi) is 5.72. The summed E-state index contributed by atoms with van der Waals surface area (Å²) < 4.78 is 0. The van der Waals surface area contributed by atoms with Crippen molar-refractivity contribution in [1.82, 2.24) is 10.0 Å². The van der Waals surface area contributed by atoms with Crippen molar-refractivity contribution in [3.05, 3.63) is 79.8 Å². The van der Waals surface area contributed by atoms with Gasteiger partial charge in [0.15, 0.2) is 5.78 Å². The first kappa shape index (κ1) is 24.0. The van der Waals surface area contributed by atoms with Crippen LogP contribution in [0.25, 0.3) is 0 Å². The lowest BCUT2D eigenvalue weighted by Crippen LogP contribution is -2.52. The monoisotopic (exact) mass is 562 g/mol. The highest BCUT2D eigenvalue weighted by Crippen LogP contribution is 2.65. The summed E-state index contributed by atoms with van der Waals surface area (Å²) in [5.74, 6) is -2.54. The van der Waals surface area contributed by atoms with Crippen LogP contribution < -0.4 is 0 Å². The SMILES string of the molecule is O=C(CN(C(=O)c1ccc(Cl)c(Cl)c1)N1C(=O)[C@@H]2[C@H]3C=C[C@@H]([C@@H]4C[C@@H]34)[C@@H]2C1=O)c1ccc(Cl)cc1Cl. The Morgan fingerprint density at radius 1 is 0.833 bits per heavy atom. The molecule has 0 aromatic heterocycles. The number of hydrazine groups is 1. The van der Waals surface area contributed by atoms with E-state index in [1.54, 1.807) is 0 Å². The molecule has 0 radical (unpaired) electrons. The maximum atomic E-state index is 13.7. The number of rotatable bonds is 5. The smallest absolute Gasteiger partial charge is 0.273 e. The fourth-order valence-electron chi connectivity index (χ4n) is 6.13. The Balaban J connectivity index is 1.38. The fraction of sp³-hybridized carbons (Fsp3) is 0.308. The van der Waals surface area contributed by atoms with Crippen molar-refractivity contribution in [2.75, 3.05) is 6.54 Å². The summed E-state index contributed by atoms with van der Waals surface area (Å²) in [4.78, 5) is 54.4. The van der Waals surface area contributed by atoms with Gasteiger partial charge in [-0.05, 0) is 66.5 Å². The van der Waals surface area contributed by atoms with Crippen molar-refractivity contribution in [2.24, 2.45) is 35.5 Å². The van der Waals surface area contributed by atoms with Gasteiger partial charge in [0.2, 0.25) is 0 Å². The van der Waals surface area contributed by atoms with Gasteiger partial charge >= 0.3 is 0 Å². The molecular weight excluding hydrogens is 546 g/mol. The van der Waals surface area contributed by atoms with Gasteiger partial charge in [0.05, 0.1) is 26.9 Å². The largest absolute Gasteiger partial charge is 0.292 e. The standard InChI is InChI=1S/C26H18Cl4N2O4/c27-12-2-3-15(19(29)8-12)21(33)10-31(24(34)11-1-6-18(28)20(30)7-11)32-25(35)22-13-4-5-14(17-9-16(13)17)23(22)26(32)36/h1-8,13-14,16-17,22-23H,9-10H2/t13-,14-,16-,17-,22-,23+/m0/s1. The van der Waals surface area contributed by atoms with Gasteiger partial charge in [0.1, 0.15) is 6.54 Å². The Bertz CT molecular complexity index is 1360. The predicted octanol–water partition coefficient (Wildman–Crippen LogP) is 5.59. The Morgan fingerprint density at radius 3 is 2.06 bits per heavy atom. The number of allylic oxidation sites excluding steroid dienone is 2. The van der Waals surface area contributed by atoms with Crippen LogP contribution in [0, 0.1) is 35.5 Å². The molecule has 2 aromatic rings. The van der Waals surface area contributed by atoms with Crippen molar-refractivity contribution in [3.63, 3.8) is 0 Å². The summed E-state index contributed by atoms with van der Waals surface area (Å²) in [6.45, 7) is -0.576. The summed E-state index contributed by atoms with van der Waals surface area (Å²) in [6.07, 6.45) is 5.09. The number of carbonyl (C=O) groups excluding carboxylic acids is 4. The van der Waals surface area contributed by atoms with E-state index in [1.165, 1.54) is 36.4 Å². The average molecular weight is 564 g/mol. The van der Waals surface area contributed by atoms with Gasteiger partial charge in [-0.2, -0.15) is 5.01 Å². The van der Waals surface area contributed by atoms with Crippen molar-refractivity contribution in [2.45, 2.75) is 6.42 Å². The molecule has 6 nitrogen and oxygen atoms in total. The lowest BCUT2D eigenvalue weighted by atomic mass is 9.63. The Labute approximate surface area is 226 Å². The van der Waals surface area contributed by atoms with Gasteiger partial charge in [-0.15, -0.1) is 0 Å². The highest BCUT2D eigenvalue weighted by atomic mass is 35.5. The third-order valence-corrected chi connectivity index (χ3v) is 9.09. The van der Waals surface area contributed by atoms with Gasteiger partial charge in [-0.1, -0.05) is 58.6 Å². The van der Waals surface area contributed by atoms with Gasteiger partial charge in [-0.25, -0.2) is 5.01 Å². The van der Waals surface area contributed by atoms with Crippen LogP contribution in [-0.2, 0) is 9.59 Å². The van der Waals surface area contributed by atoms with Gasteiger partial charge < -0.3 is 0 Å². The van der Waals surface area contributed by atoms with Crippen molar-refractivity contribution in [1.29, 1.82) is 0 Å². The number of carbonyl (C=O) groups is 4. The Morgan fingerprint density at radius 2 is 1.47 bits per heavy atom. The fourth-order valence-corrected chi connectivity index (χ4v) is 6.94. The molecule has 7 rings (SSSR count). The minimum absolute atomic E-state index is 0.0326. The van der Waals surface area contributed by atoms with Crippen LogP contribution in [0.4, 0.5) is 0 Å². The van der Waals surface area contributed by atoms with Crippen molar-refractivity contribution < 1.29 is 19.2 Å². The van der Waals surface area contributed by atoms with E-state index in [-0.39, 0.29) is 38.0 Å². The first-order chi connectivity index (χ1) is 17.2. The molecule has 1 saturated heterocycles. The summed E-state index contributed by atoms with van der Waals surface area (Å²) >= 11 is 24.3. The topological polar surface area (TPSA) is 74.8 Å². The van der Waals surface area contributed by atoms with Gasteiger partial charge in [-0.3, -0.25) is 19.2 Å². The van der Waals surface area contributed by atoms with Crippen LogP contribution in [0.5, 0.6) is 0 Å². The second-order valence-corrected chi connectivity index (χ2v) is 11.3. The third kappa shape index (κ3) is 3.61. The summed E-state index contributed by atoms with van der Waals surface area (Å²) in [5, 5.41) is 2.61. The van der Waals surface area contributed by atoms with Crippen LogP contribution in [0.15, 0.2) is 48.6 Å². The zero-order valence-electron chi connectivity index (χ0n) is 18.5. The maximum absolute atomic E-state index is 13.7. The van der Waals surface area contributed by atoms with E-state index in [0.29, 0.717) is 16.9 Å². The summed E-state index contributed by atoms with van der Waals surface area (Å²) in [7, 11) is 0. The number of imide groups is 1. The quantitative estimate of drug-likeness (QED) is 0.270. The van der Waals surface area contributed by atoms with E-state index in [9.17, 15) is 19.2 Å². The first-order valence-electron chi connectivity index (χ1n) is 11.5. The lowest BCUT2D eigenvalue weighted by Gasteiger charge is -2.37. The van der Waals surface area contributed by atoms with E-state index in [2.05, 4.69) is 0 Å². The van der Waals surface area contributed by atoms with Crippen molar-refractivity contribution >= 4 is 69.9 Å². The molecule has 2 bridgehead atoms. The predicted molar refractivity (Wildman–Crippen MR) is 135 cm³/mol. The number of halogens is 4. The molecule has 10 heteroatoms. The van der Waals surface area contributed by atoms with E-state index < -0.39 is 41.9 Å². The molecule has 2 saturated carbocycles. The molecule has 184 valence electrons. The number of Topliss-reactive ketones (excluding diaryl/α,β-unsaturated/α-hetero) is 1. The molecule has 1 heterocycles. The minimum atomic E-state index is -0.724. The van der Waals surface area contributed by atoms with Crippen LogP contribution in [0.2, 0.25) is 20.1 Å². The second-order valence-electron chi connectivity index (χ2n) is 9.68. The first-order valence-corrected chi connectivity index (χ1v) is 13.0. The second kappa shape index (κ2) is 8.59. The molecule has 0 spiro atoms. The minimum Gasteiger partial charge on any atom is -0.292 e. The summed E-state index contributed by atoms with van der Waals surface area (Å²) in [6, 6.07) is 8.58. The van der Waals surface area contributed by atoms with E-state index in [1.807, 2.05) is 12.2 Å². The lowest BCUT2D eigenvalue weighted by molar-refractivity contribution is -0.154. The molecule has 1 aliphatic heterocycles. The molecular formula is C26H18Cl4N2O4. The molecule has 6 atom stereocenters. The molecule has 3 fully saturated rings. The number of ketones is 1. The zero-order valence-corrected chi connectivity index (χ0v) is 21.6. The highest BCUT2D eigenvalue weighted by molar-refractivity contribution is 6.42. The van der Waals surface area contributed by atoms with E-state index >= 15 is 0 Å². The average Bonchev–Trinajstić information content (AvgIpc) is 3.62. The molecule has 36 heavy (non-hydrogen) atoms. The molecule has 0 unspecified atom stereocenters. The number of benzene rings is 2. The molecule has 3 amide bonds. The third-order valence-electron chi connectivity index (χ3n) is 7.81. The normalized spacial score (nSPS) is 29.3. The molecule has 2 aromatic carbocycles. The number of nitrogens with zero attached hydrogens (tertiary/aromatic N) is 2. The van der Waals surface area contributed by atoms with Gasteiger partial charge in [0.25, 0.3) is 17.7 Å². The van der Waals surface area contributed by atoms with E-state index in [0.717, 1.165) is 16.4 Å². The van der Waals surface area contributed by atoms with Crippen LogP contribution >= 0.6 is 46.4 Å². The van der Waals surface area contributed by atoms with Crippen molar-refractivity contribution in [3.8, 4) is 0 Å². The van der Waals surface area contributed by atoms with E-state index in [4.69, 9.17) is 46.4 Å². The molecule has 5 aliphatic rings. The summed E-state index contributed by atoms with van der Waals surface area (Å²) in [5.41, 5.74) is 0.200.